The van der Waals surface area contributed by atoms with Gasteiger partial charge in [-0.1, -0.05) is 241 Å². The van der Waals surface area contributed by atoms with Gasteiger partial charge in [-0.15, -0.1) is 0 Å². The van der Waals surface area contributed by atoms with Crippen LogP contribution < -0.4 is 0 Å². The summed E-state index contributed by atoms with van der Waals surface area (Å²) in [4.78, 5) is 38.1. The number of carbonyl (C=O) groups excluding carboxylic acids is 3. The van der Waals surface area contributed by atoms with Gasteiger partial charge in [-0.2, -0.15) is 0 Å². The summed E-state index contributed by atoms with van der Waals surface area (Å²) in [6, 6.07) is 0. The summed E-state index contributed by atoms with van der Waals surface area (Å²) >= 11 is 0. The second kappa shape index (κ2) is 53.5. The lowest BCUT2D eigenvalue weighted by Crippen LogP contribution is -2.30. The van der Waals surface area contributed by atoms with E-state index in [4.69, 9.17) is 14.2 Å². The first kappa shape index (κ1) is 61.9. The molecule has 0 saturated heterocycles. The number of hydrogen-bond donors (Lipinski definition) is 0. The molecule has 6 nitrogen and oxygen atoms in total. The average Bonchev–Trinajstić information content (AvgIpc) is 3.30. The summed E-state index contributed by atoms with van der Waals surface area (Å²) in [5, 5.41) is 0. The van der Waals surface area contributed by atoms with Gasteiger partial charge in [0.2, 0.25) is 0 Å². The van der Waals surface area contributed by atoms with Gasteiger partial charge in [-0.25, -0.2) is 0 Å². The fraction of sp³-hybridized carbons (Fsp3) is 0.746. The average molecular weight is 907 g/mol. The summed E-state index contributed by atoms with van der Waals surface area (Å²) in [5.74, 6) is -0.924. The molecule has 0 radical (unpaired) electrons. The van der Waals surface area contributed by atoms with Gasteiger partial charge in [-0.05, 0) is 77.0 Å². The van der Waals surface area contributed by atoms with Crippen molar-refractivity contribution in [2.45, 2.75) is 271 Å². The smallest absolute Gasteiger partial charge is 0.306 e. The van der Waals surface area contributed by atoms with Crippen LogP contribution in [-0.4, -0.2) is 37.2 Å². The molecule has 0 aliphatic carbocycles. The van der Waals surface area contributed by atoms with Crippen molar-refractivity contribution < 1.29 is 28.6 Å². The molecule has 0 aliphatic heterocycles. The van der Waals surface area contributed by atoms with Crippen molar-refractivity contribution in [3.8, 4) is 0 Å². The molecular formula is C59H102O6. The molecule has 0 heterocycles. The maximum absolute atomic E-state index is 12.8. The van der Waals surface area contributed by atoms with Crippen LogP contribution in [0.4, 0.5) is 0 Å². The molecule has 0 aromatic carbocycles. The predicted molar refractivity (Wildman–Crippen MR) is 279 cm³/mol. The zero-order valence-electron chi connectivity index (χ0n) is 42.7. The molecule has 0 fully saturated rings. The Labute approximate surface area is 402 Å². The maximum Gasteiger partial charge on any atom is 0.306 e. The lowest BCUT2D eigenvalue weighted by molar-refractivity contribution is -0.167. The Morgan fingerprint density at radius 1 is 0.338 bits per heavy atom. The molecule has 0 aliphatic rings. The number of ether oxygens (including phenoxy) is 3. The van der Waals surface area contributed by atoms with E-state index < -0.39 is 6.10 Å². The second-order valence-electron chi connectivity index (χ2n) is 18.2. The fourth-order valence-electron chi connectivity index (χ4n) is 7.63. The molecule has 0 amide bonds. The Kier molecular flexibility index (Phi) is 50.9. The molecule has 0 aromatic rings. The van der Waals surface area contributed by atoms with Gasteiger partial charge < -0.3 is 14.2 Å². The van der Waals surface area contributed by atoms with Crippen LogP contribution in [0.25, 0.3) is 0 Å². The normalized spacial score (nSPS) is 12.6. The Morgan fingerprint density at radius 3 is 1.06 bits per heavy atom. The summed E-state index contributed by atoms with van der Waals surface area (Å²) < 4.78 is 16.8. The molecule has 0 saturated carbocycles. The topological polar surface area (TPSA) is 78.9 Å². The number of hydrogen-bond acceptors (Lipinski definition) is 6. The van der Waals surface area contributed by atoms with Gasteiger partial charge in [0.1, 0.15) is 13.2 Å². The second-order valence-corrected chi connectivity index (χ2v) is 18.2. The van der Waals surface area contributed by atoms with Crippen LogP contribution in [0.1, 0.15) is 265 Å². The van der Waals surface area contributed by atoms with Crippen LogP contribution in [0, 0.1) is 0 Å². The van der Waals surface area contributed by atoms with Crippen molar-refractivity contribution in [3.63, 3.8) is 0 Å². The van der Waals surface area contributed by atoms with Gasteiger partial charge in [0.05, 0.1) is 0 Å². The minimum absolute atomic E-state index is 0.0917. The van der Waals surface area contributed by atoms with E-state index in [2.05, 4.69) is 93.7 Å². The monoisotopic (exact) mass is 907 g/mol. The minimum Gasteiger partial charge on any atom is -0.462 e. The highest BCUT2D eigenvalue weighted by molar-refractivity contribution is 5.71. The van der Waals surface area contributed by atoms with Gasteiger partial charge in [0, 0.05) is 19.3 Å². The van der Waals surface area contributed by atoms with E-state index in [0.717, 1.165) is 109 Å². The molecular weight excluding hydrogens is 805 g/mol. The molecule has 1 unspecified atom stereocenters. The highest BCUT2D eigenvalue weighted by atomic mass is 16.6. The first-order chi connectivity index (χ1) is 32.0. The summed E-state index contributed by atoms with van der Waals surface area (Å²) in [5.41, 5.74) is 0. The number of esters is 3. The van der Waals surface area contributed by atoms with E-state index in [1.165, 1.54) is 116 Å². The largest absolute Gasteiger partial charge is 0.462 e. The van der Waals surface area contributed by atoms with Gasteiger partial charge in [0.25, 0.3) is 0 Å². The lowest BCUT2D eigenvalue weighted by Gasteiger charge is -2.18. The third-order valence-electron chi connectivity index (χ3n) is 11.8. The summed E-state index contributed by atoms with van der Waals surface area (Å²) in [7, 11) is 0. The number of rotatable bonds is 49. The Bertz CT molecular complexity index is 1230. The van der Waals surface area contributed by atoms with E-state index in [1.54, 1.807) is 0 Å². The van der Waals surface area contributed by atoms with E-state index in [1.807, 2.05) is 0 Å². The van der Waals surface area contributed by atoms with Crippen molar-refractivity contribution in [2.24, 2.45) is 0 Å². The van der Waals surface area contributed by atoms with E-state index in [0.29, 0.717) is 19.3 Å². The SMILES string of the molecule is CC/C=C\C/C=C\C/C=C\CCCCCCC(=O)OCC(COC(=O)CCCCCCC\C=C/C=C\C=C/CCCCCCC)OC(=O)CCCCCCCCCCCCCCCCC. The van der Waals surface area contributed by atoms with E-state index in [9.17, 15) is 14.4 Å². The Balaban J connectivity index is 4.44. The predicted octanol–water partition coefficient (Wildman–Crippen LogP) is 18.2. The third-order valence-corrected chi connectivity index (χ3v) is 11.8. The molecule has 0 bridgehead atoms. The zero-order valence-corrected chi connectivity index (χ0v) is 42.7. The highest BCUT2D eigenvalue weighted by Gasteiger charge is 2.19. The van der Waals surface area contributed by atoms with Crippen LogP contribution in [0.5, 0.6) is 0 Å². The third kappa shape index (κ3) is 51.7. The molecule has 1 atom stereocenters. The Hall–Kier alpha value is -3.15. The minimum atomic E-state index is -0.791. The quantitative estimate of drug-likeness (QED) is 0.0199. The van der Waals surface area contributed by atoms with E-state index >= 15 is 0 Å². The van der Waals surface area contributed by atoms with Crippen LogP contribution in [0.2, 0.25) is 0 Å². The molecule has 0 rings (SSSR count). The van der Waals surface area contributed by atoms with Crippen molar-refractivity contribution in [1.29, 1.82) is 0 Å². The molecule has 374 valence electrons. The van der Waals surface area contributed by atoms with Crippen LogP contribution in [-0.2, 0) is 28.6 Å². The summed E-state index contributed by atoms with van der Waals surface area (Å²) in [6.07, 6.45) is 67.4. The van der Waals surface area contributed by atoms with E-state index in [-0.39, 0.29) is 31.1 Å². The number of carbonyl (C=O) groups is 3. The van der Waals surface area contributed by atoms with Gasteiger partial charge in [-0.3, -0.25) is 14.4 Å². The molecule has 0 spiro atoms. The molecule has 0 N–H and O–H groups in total. The Morgan fingerprint density at radius 2 is 0.662 bits per heavy atom. The highest BCUT2D eigenvalue weighted by Crippen LogP contribution is 2.15. The number of unbranched alkanes of at least 4 members (excludes halogenated alkanes) is 28. The first-order valence-electron chi connectivity index (χ1n) is 27.5. The molecule has 0 aromatic heterocycles. The van der Waals surface area contributed by atoms with Gasteiger partial charge >= 0.3 is 17.9 Å². The lowest BCUT2D eigenvalue weighted by atomic mass is 10.0. The molecule has 6 heteroatoms. The van der Waals surface area contributed by atoms with Crippen molar-refractivity contribution in [3.05, 3.63) is 72.9 Å². The van der Waals surface area contributed by atoms with Crippen molar-refractivity contribution in [1.82, 2.24) is 0 Å². The summed E-state index contributed by atoms with van der Waals surface area (Å²) in [6.45, 7) is 6.49. The van der Waals surface area contributed by atoms with Crippen molar-refractivity contribution in [2.75, 3.05) is 13.2 Å². The standard InChI is InChI=1S/C59H102O6/c1-4-7-10-13-16-19-22-25-28-29-30-32-34-37-40-43-46-49-52-58(61)64-55-56(54-63-57(60)51-48-45-42-39-36-33-27-24-21-18-15-12-9-6-3)65-59(62)53-50-47-44-41-38-35-31-26-23-20-17-14-11-8-5-2/h9,12,18,21-22,25,27-30,32-33,56H,4-8,10-11,13-17,19-20,23-24,26,31,34-55H2,1-3H3/b12-9-,21-18-,25-22-,29-28-,32-30-,33-27-. The van der Waals surface area contributed by atoms with Crippen LogP contribution in [0.3, 0.4) is 0 Å². The van der Waals surface area contributed by atoms with Crippen LogP contribution in [0.15, 0.2) is 72.9 Å². The van der Waals surface area contributed by atoms with Crippen molar-refractivity contribution >= 4 is 17.9 Å². The fourth-order valence-corrected chi connectivity index (χ4v) is 7.63. The first-order valence-corrected chi connectivity index (χ1v) is 27.5. The van der Waals surface area contributed by atoms with Gasteiger partial charge in [0.15, 0.2) is 6.10 Å². The number of allylic oxidation sites excluding steroid dienone is 12. The van der Waals surface area contributed by atoms with Crippen LogP contribution >= 0.6 is 0 Å². The molecule has 65 heavy (non-hydrogen) atoms. The maximum atomic E-state index is 12.8. The zero-order chi connectivity index (χ0) is 47.2.